The Hall–Kier alpha value is -1.71. The molecule has 1 atom stereocenters. The van der Waals surface area contributed by atoms with E-state index < -0.39 is 0 Å². The number of rotatable bonds is 2. The quantitative estimate of drug-likeness (QED) is 0.841. The summed E-state index contributed by atoms with van der Waals surface area (Å²) in [6.45, 7) is 1.63. The zero-order chi connectivity index (χ0) is 12.3. The van der Waals surface area contributed by atoms with Crippen molar-refractivity contribution in [3.05, 3.63) is 30.3 Å². The van der Waals surface area contributed by atoms with E-state index in [1.165, 1.54) is 5.69 Å². The number of anilines is 1. The number of nitrogens with one attached hydrogen (secondary N) is 1. The molecular formula is C13H19N3O. The molecule has 0 aliphatic carbocycles. The maximum absolute atomic E-state index is 11.5. The lowest BCUT2D eigenvalue weighted by Crippen LogP contribution is -2.40. The van der Waals surface area contributed by atoms with E-state index in [1.54, 1.807) is 7.05 Å². The lowest BCUT2D eigenvalue weighted by atomic mass is 10.2. The molecule has 92 valence electrons. The monoisotopic (exact) mass is 233 g/mol. The predicted molar refractivity (Wildman–Crippen MR) is 69.3 cm³/mol. The van der Waals surface area contributed by atoms with Crippen LogP contribution in [0.3, 0.4) is 0 Å². The minimum Gasteiger partial charge on any atom is -0.370 e. The van der Waals surface area contributed by atoms with E-state index in [0.29, 0.717) is 6.04 Å². The van der Waals surface area contributed by atoms with Crippen LogP contribution in [0.25, 0.3) is 0 Å². The van der Waals surface area contributed by atoms with Gasteiger partial charge in [0.25, 0.3) is 0 Å². The zero-order valence-electron chi connectivity index (χ0n) is 10.4. The molecule has 0 spiro atoms. The van der Waals surface area contributed by atoms with Gasteiger partial charge in [0.15, 0.2) is 0 Å². The van der Waals surface area contributed by atoms with Gasteiger partial charge in [-0.2, -0.15) is 0 Å². The molecule has 1 aromatic carbocycles. The van der Waals surface area contributed by atoms with Crippen LogP contribution in [0, 0.1) is 0 Å². The summed E-state index contributed by atoms with van der Waals surface area (Å²) in [5, 5.41) is 2.67. The number of para-hydroxylation sites is 1. The second-order valence-corrected chi connectivity index (χ2v) is 4.39. The highest BCUT2D eigenvalue weighted by molar-refractivity contribution is 5.74. The van der Waals surface area contributed by atoms with Crippen LogP contribution in [0.5, 0.6) is 0 Å². The van der Waals surface area contributed by atoms with Gasteiger partial charge in [0, 0.05) is 38.9 Å². The van der Waals surface area contributed by atoms with Gasteiger partial charge in [-0.3, -0.25) is 0 Å². The van der Waals surface area contributed by atoms with Gasteiger partial charge in [-0.05, 0) is 18.6 Å². The summed E-state index contributed by atoms with van der Waals surface area (Å²) in [7, 11) is 3.77. The molecule has 1 aromatic rings. The average Bonchev–Trinajstić information content (AvgIpc) is 2.87. The third-order valence-corrected chi connectivity index (χ3v) is 3.38. The highest BCUT2D eigenvalue weighted by Gasteiger charge is 2.28. The van der Waals surface area contributed by atoms with E-state index in [-0.39, 0.29) is 6.03 Å². The molecule has 1 fully saturated rings. The van der Waals surface area contributed by atoms with E-state index in [2.05, 4.69) is 29.4 Å². The predicted octanol–water partition coefficient (Wildman–Crippen LogP) is 1.54. The molecule has 0 radical (unpaired) electrons. The first-order valence-corrected chi connectivity index (χ1v) is 5.97. The molecule has 4 heteroatoms. The molecular weight excluding hydrogens is 214 g/mol. The van der Waals surface area contributed by atoms with Gasteiger partial charge in [-0.25, -0.2) is 4.79 Å². The van der Waals surface area contributed by atoms with E-state index in [9.17, 15) is 4.79 Å². The van der Waals surface area contributed by atoms with Crippen molar-refractivity contribution in [3.8, 4) is 0 Å². The summed E-state index contributed by atoms with van der Waals surface area (Å²) in [6.07, 6.45) is 1.03. The Morgan fingerprint density at radius 2 is 2.12 bits per heavy atom. The van der Waals surface area contributed by atoms with Gasteiger partial charge in [0.2, 0.25) is 0 Å². The van der Waals surface area contributed by atoms with Crippen molar-refractivity contribution in [3.63, 3.8) is 0 Å². The highest BCUT2D eigenvalue weighted by atomic mass is 16.2. The standard InChI is InChI=1S/C13H19N3O/c1-14-13(17)16-9-8-12(10-16)15(2)11-6-4-3-5-7-11/h3-7,12H,8-10H2,1-2H3,(H,14,17). The summed E-state index contributed by atoms with van der Waals surface area (Å²) in [4.78, 5) is 15.6. The summed E-state index contributed by atoms with van der Waals surface area (Å²) in [6, 6.07) is 10.7. The normalized spacial score (nSPS) is 19.2. The summed E-state index contributed by atoms with van der Waals surface area (Å²) >= 11 is 0. The lowest BCUT2D eigenvalue weighted by molar-refractivity contribution is 0.210. The Balaban J connectivity index is 1.99. The zero-order valence-corrected chi connectivity index (χ0v) is 10.4. The smallest absolute Gasteiger partial charge is 0.317 e. The van der Waals surface area contributed by atoms with Crippen LogP contribution in [0.1, 0.15) is 6.42 Å². The van der Waals surface area contributed by atoms with Crippen LogP contribution >= 0.6 is 0 Å². The Labute approximate surface area is 102 Å². The van der Waals surface area contributed by atoms with Gasteiger partial charge in [-0.15, -0.1) is 0 Å². The molecule has 1 aliphatic heterocycles. The number of nitrogens with zero attached hydrogens (tertiary/aromatic N) is 2. The SMILES string of the molecule is CNC(=O)N1CCC(N(C)c2ccccc2)C1. The number of carbonyl (C=O) groups excluding carboxylic acids is 1. The molecule has 17 heavy (non-hydrogen) atoms. The molecule has 1 N–H and O–H groups in total. The minimum atomic E-state index is 0.0222. The number of benzene rings is 1. The maximum atomic E-state index is 11.5. The maximum Gasteiger partial charge on any atom is 0.317 e. The second kappa shape index (κ2) is 5.08. The molecule has 2 amide bonds. The molecule has 1 unspecified atom stereocenters. The Morgan fingerprint density at radius 1 is 1.41 bits per heavy atom. The van der Waals surface area contributed by atoms with Crippen LogP contribution in [0.4, 0.5) is 10.5 Å². The topological polar surface area (TPSA) is 35.6 Å². The van der Waals surface area contributed by atoms with E-state index in [1.807, 2.05) is 23.1 Å². The number of hydrogen-bond acceptors (Lipinski definition) is 2. The average molecular weight is 233 g/mol. The molecule has 0 saturated carbocycles. The van der Waals surface area contributed by atoms with Crippen LogP contribution < -0.4 is 10.2 Å². The number of urea groups is 1. The molecule has 1 aliphatic rings. The van der Waals surface area contributed by atoms with Crippen LogP contribution in [0.15, 0.2) is 30.3 Å². The van der Waals surface area contributed by atoms with E-state index in [0.717, 1.165) is 19.5 Å². The van der Waals surface area contributed by atoms with E-state index >= 15 is 0 Å². The molecule has 0 bridgehead atoms. The first-order chi connectivity index (χ1) is 8.22. The summed E-state index contributed by atoms with van der Waals surface area (Å²) in [5.41, 5.74) is 1.20. The Morgan fingerprint density at radius 3 is 2.76 bits per heavy atom. The summed E-state index contributed by atoms with van der Waals surface area (Å²) < 4.78 is 0. The van der Waals surface area contributed by atoms with Gasteiger partial charge in [0.1, 0.15) is 0 Å². The fourth-order valence-corrected chi connectivity index (χ4v) is 2.27. The van der Waals surface area contributed by atoms with Crippen molar-refractivity contribution in [2.45, 2.75) is 12.5 Å². The number of likely N-dealkylation sites (N-methyl/N-ethyl adjacent to an activating group) is 1. The lowest BCUT2D eigenvalue weighted by Gasteiger charge is -2.26. The van der Waals surface area contributed by atoms with Crippen LogP contribution in [0.2, 0.25) is 0 Å². The third-order valence-electron chi connectivity index (χ3n) is 3.38. The van der Waals surface area contributed by atoms with Crippen molar-refractivity contribution in [2.75, 3.05) is 32.1 Å². The van der Waals surface area contributed by atoms with Gasteiger partial charge >= 0.3 is 6.03 Å². The van der Waals surface area contributed by atoms with E-state index in [4.69, 9.17) is 0 Å². The molecule has 1 saturated heterocycles. The fraction of sp³-hybridized carbons (Fsp3) is 0.462. The first-order valence-electron chi connectivity index (χ1n) is 5.97. The largest absolute Gasteiger partial charge is 0.370 e. The van der Waals surface area contributed by atoms with Crippen molar-refractivity contribution >= 4 is 11.7 Å². The number of likely N-dealkylation sites (tertiary alicyclic amines) is 1. The molecule has 2 rings (SSSR count). The number of hydrogen-bond donors (Lipinski definition) is 1. The fourth-order valence-electron chi connectivity index (χ4n) is 2.27. The second-order valence-electron chi connectivity index (χ2n) is 4.39. The van der Waals surface area contributed by atoms with Gasteiger partial charge in [-0.1, -0.05) is 18.2 Å². The number of amides is 2. The molecule has 1 heterocycles. The third kappa shape index (κ3) is 2.52. The van der Waals surface area contributed by atoms with Crippen molar-refractivity contribution in [2.24, 2.45) is 0 Å². The van der Waals surface area contributed by atoms with Gasteiger partial charge in [0.05, 0.1) is 0 Å². The molecule has 0 aromatic heterocycles. The van der Waals surface area contributed by atoms with Crippen molar-refractivity contribution in [1.82, 2.24) is 10.2 Å². The van der Waals surface area contributed by atoms with Crippen LogP contribution in [-0.2, 0) is 0 Å². The Bertz CT molecular complexity index is 380. The Kier molecular flexibility index (Phi) is 3.52. The van der Waals surface area contributed by atoms with Gasteiger partial charge < -0.3 is 15.1 Å². The van der Waals surface area contributed by atoms with Crippen molar-refractivity contribution in [1.29, 1.82) is 0 Å². The minimum absolute atomic E-state index is 0.0222. The number of carbonyl (C=O) groups is 1. The van der Waals surface area contributed by atoms with Crippen molar-refractivity contribution < 1.29 is 4.79 Å². The summed E-state index contributed by atoms with van der Waals surface area (Å²) in [5.74, 6) is 0. The first kappa shape index (κ1) is 11.8. The van der Waals surface area contributed by atoms with Crippen LogP contribution in [-0.4, -0.2) is 44.2 Å². The highest BCUT2D eigenvalue weighted by Crippen LogP contribution is 2.20. The molecule has 4 nitrogen and oxygen atoms in total.